The summed E-state index contributed by atoms with van der Waals surface area (Å²) < 4.78 is 10.9. The fourth-order valence-electron chi connectivity index (χ4n) is 2.79. The molecule has 2 N–H and O–H groups in total. The van der Waals surface area contributed by atoms with Crippen molar-refractivity contribution in [3.8, 4) is 11.5 Å². The van der Waals surface area contributed by atoms with E-state index >= 15 is 0 Å². The van der Waals surface area contributed by atoms with Gasteiger partial charge in [-0.05, 0) is 60.4 Å². The number of benzene rings is 2. The summed E-state index contributed by atoms with van der Waals surface area (Å²) in [6.07, 6.45) is 2.59. The van der Waals surface area contributed by atoms with Crippen LogP contribution in [0.4, 0.5) is 0 Å². The summed E-state index contributed by atoms with van der Waals surface area (Å²) in [4.78, 5) is 23.8. The van der Waals surface area contributed by atoms with Crippen LogP contribution in [0.25, 0.3) is 0 Å². The predicted octanol–water partition coefficient (Wildman–Crippen LogP) is 3.03. The molecule has 6 nitrogen and oxygen atoms in total. The molecule has 29 heavy (non-hydrogen) atoms. The molecule has 7 heteroatoms. The van der Waals surface area contributed by atoms with Crippen molar-refractivity contribution in [2.75, 3.05) is 19.8 Å². The lowest BCUT2D eigenvalue weighted by Crippen LogP contribution is -2.32. The minimum atomic E-state index is -0.282. The molecule has 1 aliphatic rings. The summed E-state index contributed by atoms with van der Waals surface area (Å²) in [5.74, 6) is 0.712. The van der Waals surface area contributed by atoms with Crippen molar-refractivity contribution in [3.05, 3.63) is 70.9 Å². The zero-order chi connectivity index (χ0) is 20.6. The van der Waals surface area contributed by atoms with E-state index in [2.05, 4.69) is 17.2 Å². The first-order chi connectivity index (χ1) is 14.0. The van der Waals surface area contributed by atoms with E-state index in [1.54, 1.807) is 24.3 Å². The number of hydrogen-bond donors (Lipinski definition) is 2. The highest BCUT2D eigenvalue weighted by atomic mass is 35.5. The van der Waals surface area contributed by atoms with Crippen molar-refractivity contribution in [3.63, 3.8) is 0 Å². The minimum Gasteiger partial charge on any atom is -0.484 e. The van der Waals surface area contributed by atoms with Crippen LogP contribution in [0, 0.1) is 0 Å². The lowest BCUT2D eigenvalue weighted by Gasteiger charge is -2.19. The maximum absolute atomic E-state index is 12.0. The Morgan fingerprint density at radius 2 is 1.59 bits per heavy atom. The third-order valence-corrected chi connectivity index (χ3v) is 4.71. The van der Waals surface area contributed by atoms with Crippen molar-refractivity contribution in [1.29, 1.82) is 0 Å². The van der Waals surface area contributed by atoms with Crippen LogP contribution >= 0.6 is 11.6 Å². The molecule has 0 saturated carbocycles. The summed E-state index contributed by atoms with van der Waals surface area (Å²) in [5, 5.41) is 5.99. The van der Waals surface area contributed by atoms with Crippen LogP contribution in [-0.2, 0) is 22.4 Å². The smallest absolute Gasteiger partial charge is 0.262 e. The molecule has 152 valence electrons. The van der Waals surface area contributed by atoms with Crippen LogP contribution in [0.1, 0.15) is 17.5 Å². The maximum Gasteiger partial charge on any atom is 0.262 e. The van der Waals surface area contributed by atoms with E-state index in [0.29, 0.717) is 35.2 Å². The monoisotopic (exact) mass is 414 g/mol. The fraction of sp³-hybridized carbons (Fsp3) is 0.273. The highest BCUT2D eigenvalue weighted by Gasteiger charge is 2.14. The van der Waals surface area contributed by atoms with Gasteiger partial charge in [0.25, 0.3) is 11.8 Å². The van der Waals surface area contributed by atoms with Crippen LogP contribution in [0.3, 0.4) is 0 Å². The van der Waals surface area contributed by atoms with Gasteiger partial charge < -0.3 is 20.1 Å². The number of aryl methyl sites for hydroxylation is 2. The molecule has 0 unspecified atom stereocenters. The normalized spacial score (nSPS) is 11.6. The van der Waals surface area contributed by atoms with Gasteiger partial charge in [-0.25, -0.2) is 0 Å². The molecule has 0 radical (unpaired) electrons. The SMILES string of the molecule is C=C(CCNC(=O)COc1ccc(Cl)cc1)NC(=O)COc1ccc2c(c1)CC2. The average Bonchev–Trinajstić information content (AvgIpc) is 2.67. The van der Waals surface area contributed by atoms with Crippen molar-refractivity contribution in [2.45, 2.75) is 19.3 Å². The maximum atomic E-state index is 12.0. The zero-order valence-corrected chi connectivity index (χ0v) is 16.8. The molecule has 3 rings (SSSR count). The molecule has 0 bridgehead atoms. The van der Waals surface area contributed by atoms with Gasteiger partial charge >= 0.3 is 0 Å². The number of ether oxygens (including phenoxy) is 2. The highest BCUT2D eigenvalue weighted by Crippen LogP contribution is 2.26. The van der Waals surface area contributed by atoms with E-state index in [9.17, 15) is 9.59 Å². The van der Waals surface area contributed by atoms with Gasteiger partial charge in [0.15, 0.2) is 13.2 Å². The lowest BCUT2D eigenvalue weighted by atomic mass is 9.89. The molecule has 2 amide bonds. The molecule has 1 aliphatic carbocycles. The summed E-state index contributed by atoms with van der Waals surface area (Å²) in [5.41, 5.74) is 3.13. The van der Waals surface area contributed by atoms with Gasteiger partial charge in [0.2, 0.25) is 0 Å². The van der Waals surface area contributed by atoms with E-state index in [0.717, 1.165) is 12.8 Å². The average molecular weight is 415 g/mol. The predicted molar refractivity (Wildman–Crippen MR) is 111 cm³/mol. The van der Waals surface area contributed by atoms with Gasteiger partial charge in [0.05, 0.1) is 0 Å². The van der Waals surface area contributed by atoms with Crippen molar-refractivity contribution in [1.82, 2.24) is 10.6 Å². The van der Waals surface area contributed by atoms with Crippen LogP contribution in [0.2, 0.25) is 5.02 Å². The number of nitrogens with one attached hydrogen (secondary N) is 2. The summed E-state index contributed by atoms with van der Waals surface area (Å²) in [7, 11) is 0. The number of amides is 2. The number of fused-ring (bicyclic) bond motifs is 1. The Morgan fingerprint density at radius 1 is 0.931 bits per heavy atom. The Morgan fingerprint density at radius 3 is 2.28 bits per heavy atom. The molecule has 2 aromatic rings. The summed E-state index contributed by atoms with van der Waals surface area (Å²) in [6.45, 7) is 3.96. The van der Waals surface area contributed by atoms with Gasteiger partial charge in [-0.2, -0.15) is 0 Å². The zero-order valence-electron chi connectivity index (χ0n) is 16.0. The first-order valence-electron chi connectivity index (χ1n) is 9.37. The number of halogens is 1. The van der Waals surface area contributed by atoms with E-state index in [-0.39, 0.29) is 25.0 Å². The molecule has 0 aliphatic heterocycles. The number of carbonyl (C=O) groups is 2. The largest absolute Gasteiger partial charge is 0.484 e. The quantitative estimate of drug-likeness (QED) is 0.626. The second kappa shape index (κ2) is 9.98. The van der Waals surface area contributed by atoms with Gasteiger partial charge in [0, 0.05) is 23.7 Å². The minimum absolute atomic E-state index is 0.0842. The summed E-state index contributed by atoms with van der Waals surface area (Å²) >= 11 is 5.79. The van der Waals surface area contributed by atoms with Crippen molar-refractivity contribution >= 4 is 23.4 Å². The number of rotatable bonds is 10. The molecule has 0 spiro atoms. The molecule has 0 atom stereocenters. The van der Waals surface area contributed by atoms with E-state index in [1.807, 2.05) is 18.2 Å². The first-order valence-corrected chi connectivity index (χ1v) is 9.75. The third-order valence-electron chi connectivity index (χ3n) is 4.46. The van der Waals surface area contributed by atoms with Crippen LogP contribution in [-0.4, -0.2) is 31.6 Å². The second-order valence-electron chi connectivity index (χ2n) is 6.71. The van der Waals surface area contributed by atoms with Gasteiger partial charge in [-0.1, -0.05) is 24.2 Å². The molecule has 0 saturated heterocycles. The van der Waals surface area contributed by atoms with Crippen molar-refractivity contribution < 1.29 is 19.1 Å². The Bertz CT molecular complexity index is 896. The molecular weight excluding hydrogens is 392 g/mol. The summed E-state index contributed by atoms with van der Waals surface area (Å²) in [6, 6.07) is 12.6. The Balaban J connectivity index is 1.27. The standard InChI is InChI=1S/C22H23ClN2O4/c1-15(10-11-24-21(26)13-28-19-8-5-18(23)6-9-19)25-22(27)14-29-20-7-4-16-2-3-17(16)12-20/h4-9,12H,1-3,10-11,13-14H2,(H,24,26)(H,25,27). The molecule has 0 aromatic heterocycles. The van der Waals surface area contributed by atoms with Crippen LogP contribution < -0.4 is 20.1 Å². The topological polar surface area (TPSA) is 76.7 Å². The third kappa shape index (κ3) is 6.54. The molecular formula is C22H23ClN2O4. The fourth-order valence-corrected chi connectivity index (χ4v) is 2.92. The van der Waals surface area contributed by atoms with Crippen LogP contribution in [0.5, 0.6) is 11.5 Å². The van der Waals surface area contributed by atoms with E-state index in [4.69, 9.17) is 21.1 Å². The van der Waals surface area contributed by atoms with Crippen molar-refractivity contribution in [2.24, 2.45) is 0 Å². The number of hydrogen-bond acceptors (Lipinski definition) is 4. The Kier molecular flexibility index (Phi) is 7.14. The Labute approximate surface area is 174 Å². The van der Waals surface area contributed by atoms with E-state index in [1.165, 1.54) is 11.1 Å². The van der Waals surface area contributed by atoms with Gasteiger partial charge in [-0.3, -0.25) is 9.59 Å². The Hall–Kier alpha value is -2.99. The van der Waals surface area contributed by atoms with Crippen LogP contribution in [0.15, 0.2) is 54.7 Å². The molecule has 0 heterocycles. The molecule has 2 aromatic carbocycles. The van der Waals surface area contributed by atoms with E-state index < -0.39 is 0 Å². The second-order valence-corrected chi connectivity index (χ2v) is 7.15. The first kappa shape index (κ1) is 20.7. The van der Waals surface area contributed by atoms with Gasteiger partial charge in [0.1, 0.15) is 11.5 Å². The highest BCUT2D eigenvalue weighted by molar-refractivity contribution is 6.30. The number of carbonyl (C=O) groups excluding carboxylic acids is 2. The lowest BCUT2D eigenvalue weighted by molar-refractivity contribution is -0.123. The molecule has 0 fully saturated rings. The van der Waals surface area contributed by atoms with Gasteiger partial charge in [-0.15, -0.1) is 0 Å².